The molecule has 3 rings (SSSR count). The summed E-state index contributed by atoms with van der Waals surface area (Å²) in [6, 6.07) is 5.05. The summed E-state index contributed by atoms with van der Waals surface area (Å²) >= 11 is 0. The number of benzene rings is 1. The molecule has 1 aliphatic rings. The van der Waals surface area contributed by atoms with Crippen molar-refractivity contribution in [1.29, 1.82) is 0 Å². The van der Waals surface area contributed by atoms with Crippen molar-refractivity contribution >= 4 is 17.6 Å². The molecule has 0 spiro atoms. The van der Waals surface area contributed by atoms with Crippen LogP contribution in [0.4, 0.5) is 19.0 Å². The first-order valence-corrected chi connectivity index (χ1v) is 8.05. The quantitative estimate of drug-likeness (QED) is 0.776. The minimum Gasteiger partial charge on any atom is -0.391 e. The molecule has 1 aliphatic heterocycles. The molecule has 1 fully saturated rings. The minimum atomic E-state index is -4.54. The highest BCUT2D eigenvalue weighted by molar-refractivity contribution is 6.39. The monoisotopic (exact) mass is 383 g/mol. The predicted octanol–water partition coefficient (Wildman–Crippen LogP) is 2.27. The van der Waals surface area contributed by atoms with E-state index in [0.717, 1.165) is 17.0 Å². The Labute approximate surface area is 151 Å². The van der Waals surface area contributed by atoms with Crippen LogP contribution in [0.15, 0.2) is 34.9 Å². The third kappa shape index (κ3) is 4.11. The Balaban J connectivity index is 1.81. The molecule has 2 unspecified atom stereocenters. The molecule has 2 aromatic rings. The van der Waals surface area contributed by atoms with E-state index in [4.69, 9.17) is 4.52 Å². The van der Waals surface area contributed by atoms with E-state index in [1.807, 2.05) is 0 Å². The van der Waals surface area contributed by atoms with Gasteiger partial charge in [0.2, 0.25) is 0 Å². The number of carbonyl (C=O) groups excluding carboxylic acids is 2. The highest BCUT2D eigenvalue weighted by atomic mass is 19.4. The number of halogens is 3. The summed E-state index contributed by atoms with van der Waals surface area (Å²) < 4.78 is 43.6. The molecule has 2 heterocycles. The molecule has 7 nitrogen and oxygen atoms in total. The van der Waals surface area contributed by atoms with Gasteiger partial charge in [-0.25, -0.2) is 0 Å². The Bertz CT molecular complexity index is 865. The summed E-state index contributed by atoms with van der Waals surface area (Å²) in [5, 5.41) is 15.7. The largest absolute Gasteiger partial charge is 0.416 e. The molecule has 2 N–H and O–H groups in total. The highest BCUT2D eigenvalue weighted by Gasteiger charge is 2.39. The van der Waals surface area contributed by atoms with E-state index in [9.17, 15) is 27.9 Å². The lowest BCUT2D eigenvalue weighted by molar-refractivity contribution is -0.144. The van der Waals surface area contributed by atoms with Gasteiger partial charge in [0, 0.05) is 12.6 Å². The molecule has 10 heteroatoms. The second-order valence-corrected chi connectivity index (χ2v) is 6.26. The van der Waals surface area contributed by atoms with E-state index in [1.54, 1.807) is 6.92 Å². The molecule has 2 atom stereocenters. The molecule has 0 bridgehead atoms. The van der Waals surface area contributed by atoms with Gasteiger partial charge in [-0.2, -0.15) is 13.2 Å². The summed E-state index contributed by atoms with van der Waals surface area (Å²) in [4.78, 5) is 25.7. The number of aromatic nitrogens is 1. The van der Waals surface area contributed by atoms with Crippen LogP contribution in [0.5, 0.6) is 0 Å². The van der Waals surface area contributed by atoms with Crippen LogP contribution in [0.3, 0.4) is 0 Å². The van der Waals surface area contributed by atoms with E-state index < -0.39 is 35.7 Å². The van der Waals surface area contributed by atoms with Gasteiger partial charge >= 0.3 is 18.0 Å². The van der Waals surface area contributed by atoms with Crippen LogP contribution in [-0.4, -0.2) is 39.6 Å². The van der Waals surface area contributed by atoms with Gasteiger partial charge in [-0.15, -0.1) is 0 Å². The molecule has 0 aliphatic carbocycles. The molecule has 1 aromatic carbocycles. The van der Waals surface area contributed by atoms with E-state index >= 15 is 0 Å². The number of alkyl halides is 3. The lowest BCUT2D eigenvalue weighted by Crippen LogP contribution is -2.40. The Morgan fingerprint density at radius 1 is 1.33 bits per heavy atom. The van der Waals surface area contributed by atoms with Gasteiger partial charge in [-0.05, 0) is 31.0 Å². The number of aryl methyl sites for hydroxylation is 1. The van der Waals surface area contributed by atoms with Crippen LogP contribution in [0.25, 0.3) is 0 Å². The molecular weight excluding hydrogens is 367 g/mol. The van der Waals surface area contributed by atoms with Crippen molar-refractivity contribution in [2.75, 3.05) is 11.9 Å². The maximum Gasteiger partial charge on any atom is 0.416 e. The van der Waals surface area contributed by atoms with Crippen molar-refractivity contribution in [3.63, 3.8) is 0 Å². The molecule has 0 radical (unpaired) electrons. The third-order valence-electron chi connectivity index (χ3n) is 4.20. The number of carbonyl (C=O) groups is 2. The van der Waals surface area contributed by atoms with Gasteiger partial charge in [-0.3, -0.25) is 14.9 Å². The van der Waals surface area contributed by atoms with Crippen LogP contribution in [-0.2, 0) is 15.8 Å². The Kier molecular flexibility index (Phi) is 4.92. The Hall–Kier alpha value is -2.88. The second-order valence-electron chi connectivity index (χ2n) is 6.26. The SMILES string of the molecule is Cc1cc(NC(=O)C(=O)N2CC(O)CC2c2cccc(C(F)(F)F)c2)no1. The number of nitrogens with zero attached hydrogens (tertiary/aromatic N) is 2. The van der Waals surface area contributed by atoms with Gasteiger partial charge in [0.05, 0.1) is 17.7 Å². The zero-order chi connectivity index (χ0) is 19.8. The number of nitrogens with one attached hydrogen (secondary N) is 1. The lowest BCUT2D eigenvalue weighted by atomic mass is 10.0. The molecule has 0 saturated carbocycles. The zero-order valence-electron chi connectivity index (χ0n) is 14.2. The number of β-amino-alcohol motifs (C(OH)–C–C–N with tert-alkyl or cyclic N) is 1. The minimum absolute atomic E-state index is 0.0311. The maximum atomic E-state index is 12.9. The molecule has 144 valence electrons. The van der Waals surface area contributed by atoms with E-state index in [2.05, 4.69) is 10.5 Å². The van der Waals surface area contributed by atoms with Gasteiger partial charge in [0.15, 0.2) is 5.82 Å². The number of hydrogen-bond acceptors (Lipinski definition) is 5. The first-order valence-electron chi connectivity index (χ1n) is 8.05. The molecular formula is C17H16F3N3O4. The number of aliphatic hydroxyl groups excluding tert-OH is 1. The number of amides is 2. The van der Waals surface area contributed by atoms with Crippen LogP contribution in [0, 0.1) is 6.92 Å². The summed E-state index contributed by atoms with van der Waals surface area (Å²) in [7, 11) is 0. The molecule has 2 amide bonds. The first kappa shape index (κ1) is 18.9. The van der Waals surface area contributed by atoms with Gasteiger partial charge in [-0.1, -0.05) is 17.3 Å². The molecule has 27 heavy (non-hydrogen) atoms. The normalized spacial score (nSPS) is 20.0. The van der Waals surface area contributed by atoms with Crippen molar-refractivity contribution in [3.8, 4) is 0 Å². The van der Waals surface area contributed by atoms with Gasteiger partial charge < -0.3 is 14.5 Å². The number of rotatable bonds is 2. The number of likely N-dealkylation sites (tertiary alicyclic amines) is 1. The summed E-state index contributed by atoms with van der Waals surface area (Å²) in [6.07, 6.45) is -5.45. The number of hydrogen-bond donors (Lipinski definition) is 2. The number of aliphatic hydroxyl groups is 1. The van der Waals surface area contributed by atoms with Gasteiger partial charge in [0.1, 0.15) is 5.76 Å². The average Bonchev–Trinajstić information content (AvgIpc) is 3.19. The topological polar surface area (TPSA) is 95.7 Å². The van der Waals surface area contributed by atoms with Gasteiger partial charge in [0.25, 0.3) is 0 Å². The van der Waals surface area contributed by atoms with Crippen LogP contribution >= 0.6 is 0 Å². The zero-order valence-corrected chi connectivity index (χ0v) is 14.2. The third-order valence-corrected chi connectivity index (χ3v) is 4.20. The van der Waals surface area contributed by atoms with E-state index in [1.165, 1.54) is 18.2 Å². The maximum absolute atomic E-state index is 12.9. The lowest BCUT2D eigenvalue weighted by Gasteiger charge is -2.24. The predicted molar refractivity (Wildman–Crippen MR) is 86.4 cm³/mol. The standard InChI is InChI=1S/C17H16F3N3O4/c1-9-5-14(22-27-9)21-15(25)16(26)23-8-12(24)7-13(23)10-3-2-4-11(6-10)17(18,19)20/h2-6,12-13,24H,7-8H2,1H3,(H,21,22,25). The van der Waals surface area contributed by atoms with Crippen molar-refractivity contribution in [2.24, 2.45) is 0 Å². The fourth-order valence-electron chi connectivity index (χ4n) is 3.00. The summed E-state index contributed by atoms with van der Waals surface area (Å²) in [5.41, 5.74) is -0.670. The van der Waals surface area contributed by atoms with Crippen molar-refractivity contribution in [1.82, 2.24) is 10.1 Å². The van der Waals surface area contributed by atoms with Crippen molar-refractivity contribution in [2.45, 2.75) is 31.7 Å². The highest BCUT2D eigenvalue weighted by Crippen LogP contribution is 2.36. The first-order chi connectivity index (χ1) is 12.6. The van der Waals surface area contributed by atoms with E-state index in [-0.39, 0.29) is 24.3 Å². The fourth-order valence-corrected chi connectivity index (χ4v) is 3.00. The Morgan fingerprint density at radius 2 is 2.07 bits per heavy atom. The number of anilines is 1. The van der Waals surface area contributed by atoms with E-state index in [0.29, 0.717) is 5.76 Å². The fraction of sp³-hybridized carbons (Fsp3) is 0.353. The van der Waals surface area contributed by atoms with Crippen LogP contribution in [0.2, 0.25) is 0 Å². The summed E-state index contributed by atoms with van der Waals surface area (Å²) in [5.74, 6) is -1.53. The van der Waals surface area contributed by atoms with Crippen molar-refractivity contribution in [3.05, 3.63) is 47.2 Å². The Morgan fingerprint density at radius 3 is 2.70 bits per heavy atom. The average molecular weight is 383 g/mol. The summed E-state index contributed by atoms with van der Waals surface area (Å²) in [6.45, 7) is 1.44. The molecule has 1 aromatic heterocycles. The second kappa shape index (κ2) is 7.03. The van der Waals surface area contributed by atoms with Crippen LogP contribution < -0.4 is 5.32 Å². The van der Waals surface area contributed by atoms with Crippen LogP contribution in [0.1, 0.15) is 29.3 Å². The smallest absolute Gasteiger partial charge is 0.391 e. The van der Waals surface area contributed by atoms with Crippen molar-refractivity contribution < 1.29 is 32.4 Å². The molecule has 1 saturated heterocycles.